The Hall–Kier alpha value is -1.29. The smallest absolute Gasteiger partial charge is 0.226 e. The second-order valence-corrected chi connectivity index (χ2v) is 8.39. The zero-order chi connectivity index (χ0) is 15.9. The van der Waals surface area contributed by atoms with Crippen LogP contribution >= 0.6 is 15.9 Å². The third kappa shape index (κ3) is 3.22. The highest BCUT2D eigenvalue weighted by Gasteiger charge is 2.25. The number of hydrogen-bond acceptors (Lipinski definition) is 1. The lowest BCUT2D eigenvalue weighted by molar-refractivity contribution is -0.117. The van der Waals surface area contributed by atoms with E-state index in [-0.39, 0.29) is 11.3 Å². The number of aromatic nitrogens is 1. The van der Waals surface area contributed by atoms with Gasteiger partial charge in [0, 0.05) is 22.3 Å². The molecular formula is C18H23BrN2O. The van der Waals surface area contributed by atoms with Gasteiger partial charge in [0.05, 0.1) is 5.52 Å². The minimum atomic E-state index is 0.000423. The quantitative estimate of drug-likeness (QED) is 0.767. The molecule has 1 saturated carbocycles. The highest BCUT2D eigenvalue weighted by atomic mass is 79.9. The molecule has 0 aliphatic heterocycles. The van der Waals surface area contributed by atoms with Crippen LogP contribution in [0.4, 0.5) is 5.82 Å². The molecule has 0 saturated heterocycles. The fourth-order valence-electron chi connectivity index (χ4n) is 3.00. The molecule has 118 valence electrons. The summed E-state index contributed by atoms with van der Waals surface area (Å²) in [6.07, 6.45) is 4.19. The van der Waals surface area contributed by atoms with Crippen molar-refractivity contribution >= 4 is 38.6 Å². The predicted octanol–water partition coefficient (Wildman–Crippen LogP) is 5.50. The van der Waals surface area contributed by atoms with Crippen molar-refractivity contribution in [2.24, 2.45) is 5.41 Å². The van der Waals surface area contributed by atoms with Crippen LogP contribution < -0.4 is 5.32 Å². The van der Waals surface area contributed by atoms with E-state index in [0.717, 1.165) is 10.3 Å². The fraction of sp³-hybridized carbons (Fsp3) is 0.500. The van der Waals surface area contributed by atoms with E-state index < -0.39 is 0 Å². The maximum atomic E-state index is 12.3. The first-order valence-electron chi connectivity index (χ1n) is 7.94. The number of nitrogens with zero attached hydrogens (tertiary/aromatic N) is 1. The van der Waals surface area contributed by atoms with Crippen molar-refractivity contribution in [3.8, 4) is 0 Å². The lowest BCUT2D eigenvalue weighted by Gasteiger charge is -2.30. The molecule has 1 aromatic heterocycles. The summed E-state index contributed by atoms with van der Waals surface area (Å²) in [6, 6.07) is 8.91. The highest BCUT2D eigenvalue weighted by molar-refractivity contribution is 9.10. The fourth-order valence-corrected chi connectivity index (χ4v) is 3.35. The number of fused-ring (bicyclic) bond motifs is 1. The Balaban J connectivity index is 1.96. The van der Waals surface area contributed by atoms with Crippen molar-refractivity contribution in [2.45, 2.75) is 52.5 Å². The van der Waals surface area contributed by atoms with E-state index in [1.54, 1.807) is 0 Å². The summed E-state index contributed by atoms with van der Waals surface area (Å²) in [5.41, 5.74) is 1.20. The van der Waals surface area contributed by atoms with Crippen molar-refractivity contribution in [3.63, 3.8) is 0 Å². The van der Waals surface area contributed by atoms with Gasteiger partial charge in [-0.15, -0.1) is 0 Å². The summed E-state index contributed by atoms with van der Waals surface area (Å²) < 4.78 is 3.38. The van der Waals surface area contributed by atoms with Gasteiger partial charge in [0.2, 0.25) is 5.91 Å². The Morgan fingerprint density at radius 1 is 1.32 bits per heavy atom. The summed E-state index contributed by atoms with van der Waals surface area (Å²) >= 11 is 3.55. The second-order valence-electron chi connectivity index (χ2n) is 7.47. The summed E-state index contributed by atoms with van der Waals surface area (Å²) in [5, 5.41) is 4.32. The normalized spacial score (nSPS) is 15.8. The molecule has 3 nitrogen and oxygen atoms in total. The van der Waals surface area contributed by atoms with Gasteiger partial charge in [0.1, 0.15) is 5.82 Å². The molecule has 0 unspecified atom stereocenters. The Labute approximate surface area is 140 Å². The molecule has 0 radical (unpaired) electrons. The van der Waals surface area contributed by atoms with Crippen molar-refractivity contribution in [3.05, 3.63) is 28.7 Å². The average Bonchev–Trinajstić information content (AvgIpc) is 2.63. The summed E-state index contributed by atoms with van der Waals surface area (Å²) in [5.74, 6) is 1.03. The van der Waals surface area contributed by atoms with Crippen LogP contribution in [-0.2, 0) is 4.79 Å². The molecule has 0 bridgehead atoms. The third-order valence-electron chi connectivity index (χ3n) is 4.20. The van der Waals surface area contributed by atoms with E-state index in [2.05, 4.69) is 64.8 Å². The molecule has 2 aromatic rings. The Bertz CT molecular complexity index is 708. The molecule has 1 aromatic carbocycles. The summed E-state index contributed by atoms with van der Waals surface area (Å²) in [7, 11) is 0. The number of rotatable bonds is 3. The number of carbonyl (C=O) groups excluding carboxylic acids is 1. The molecule has 1 amide bonds. The molecule has 1 aliphatic carbocycles. The maximum absolute atomic E-state index is 12.3. The Morgan fingerprint density at radius 3 is 2.64 bits per heavy atom. The maximum Gasteiger partial charge on any atom is 0.226 e. The highest BCUT2D eigenvalue weighted by Crippen LogP contribution is 2.39. The van der Waals surface area contributed by atoms with E-state index in [1.807, 2.05) is 6.07 Å². The topological polar surface area (TPSA) is 34.0 Å². The molecule has 0 atom stereocenters. The standard InChI is InChI=1S/C18H23BrN2O/c1-18(2,3)11-17(22)20-16-9-12-7-8-13(19)10-15(12)21(16)14-5-4-6-14/h7-10,14H,4-6,11H2,1-3H3,(H,20,22). The number of halogens is 1. The van der Waals surface area contributed by atoms with Crippen molar-refractivity contribution in [2.75, 3.05) is 5.32 Å². The van der Waals surface area contributed by atoms with Crippen LogP contribution in [0, 0.1) is 5.41 Å². The first kappa shape index (κ1) is 15.6. The van der Waals surface area contributed by atoms with Crippen molar-refractivity contribution in [1.82, 2.24) is 4.57 Å². The Kier molecular flexibility index (Phi) is 4.06. The van der Waals surface area contributed by atoms with Crippen LogP contribution in [-0.4, -0.2) is 10.5 Å². The third-order valence-corrected chi connectivity index (χ3v) is 4.70. The van der Waals surface area contributed by atoms with Crippen molar-refractivity contribution in [1.29, 1.82) is 0 Å². The molecule has 1 aliphatic rings. The molecule has 0 spiro atoms. The van der Waals surface area contributed by atoms with Gasteiger partial charge in [-0.3, -0.25) is 4.79 Å². The first-order chi connectivity index (χ1) is 10.3. The number of hydrogen-bond donors (Lipinski definition) is 1. The first-order valence-corrected chi connectivity index (χ1v) is 8.73. The van der Waals surface area contributed by atoms with E-state index in [9.17, 15) is 4.79 Å². The minimum absolute atomic E-state index is 0.000423. The van der Waals surface area contributed by atoms with E-state index in [1.165, 1.54) is 30.2 Å². The van der Waals surface area contributed by atoms with Crippen molar-refractivity contribution < 1.29 is 4.79 Å². The molecule has 1 heterocycles. The van der Waals surface area contributed by atoms with E-state index in [4.69, 9.17) is 0 Å². The van der Waals surface area contributed by atoms with Gasteiger partial charge >= 0.3 is 0 Å². The number of amides is 1. The second kappa shape index (κ2) is 5.73. The van der Waals surface area contributed by atoms with Crippen LogP contribution in [0.15, 0.2) is 28.7 Å². The largest absolute Gasteiger partial charge is 0.324 e. The van der Waals surface area contributed by atoms with Crippen LogP contribution in [0.5, 0.6) is 0 Å². The van der Waals surface area contributed by atoms with Gasteiger partial charge < -0.3 is 9.88 Å². The monoisotopic (exact) mass is 362 g/mol. The number of anilines is 1. The van der Waals surface area contributed by atoms with Crippen LogP contribution in [0.2, 0.25) is 0 Å². The summed E-state index contributed by atoms with van der Waals surface area (Å²) in [4.78, 5) is 12.3. The molecule has 3 rings (SSSR count). The van der Waals surface area contributed by atoms with Gasteiger partial charge in [0.25, 0.3) is 0 Å². The molecular weight excluding hydrogens is 340 g/mol. The number of carbonyl (C=O) groups is 1. The minimum Gasteiger partial charge on any atom is -0.324 e. The SMILES string of the molecule is CC(C)(C)CC(=O)Nc1cc2ccc(Br)cc2n1C1CCC1. The zero-order valence-electron chi connectivity index (χ0n) is 13.4. The van der Waals surface area contributed by atoms with Crippen LogP contribution in [0.1, 0.15) is 52.5 Å². The molecule has 4 heteroatoms. The Morgan fingerprint density at radius 2 is 2.05 bits per heavy atom. The average molecular weight is 363 g/mol. The number of benzene rings is 1. The number of nitrogens with one attached hydrogen (secondary N) is 1. The van der Waals surface area contributed by atoms with Gasteiger partial charge in [-0.05, 0) is 42.9 Å². The van der Waals surface area contributed by atoms with Crippen LogP contribution in [0.25, 0.3) is 10.9 Å². The van der Waals surface area contributed by atoms with E-state index >= 15 is 0 Å². The molecule has 1 N–H and O–H groups in total. The van der Waals surface area contributed by atoms with Crippen LogP contribution in [0.3, 0.4) is 0 Å². The lowest BCUT2D eigenvalue weighted by atomic mass is 9.92. The lowest BCUT2D eigenvalue weighted by Crippen LogP contribution is -2.24. The van der Waals surface area contributed by atoms with E-state index in [0.29, 0.717) is 12.5 Å². The predicted molar refractivity (Wildman–Crippen MR) is 95.2 cm³/mol. The van der Waals surface area contributed by atoms with Gasteiger partial charge in [-0.25, -0.2) is 0 Å². The van der Waals surface area contributed by atoms with Gasteiger partial charge in [-0.1, -0.05) is 42.8 Å². The van der Waals surface area contributed by atoms with Gasteiger partial charge in [0.15, 0.2) is 0 Å². The summed E-state index contributed by atoms with van der Waals surface area (Å²) in [6.45, 7) is 6.27. The van der Waals surface area contributed by atoms with Gasteiger partial charge in [-0.2, -0.15) is 0 Å². The zero-order valence-corrected chi connectivity index (χ0v) is 15.0. The molecule has 22 heavy (non-hydrogen) atoms. The molecule has 1 fully saturated rings.